The molecule has 0 amide bonds. The molecule has 146 valence electrons. The second-order valence-electron chi connectivity index (χ2n) is 6.48. The van der Waals surface area contributed by atoms with Gasteiger partial charge in [-0.1, -0.05) is 32.9 Å². The second kappa shape index (κ2) is 12.3. The maximum Gasteiger partial charge on any atom is 0.167 e. The fraction of sp³-hybridized carbons (Fsp3) is 0.800. The normalized spacial score (nSPS) is 23.9. The summed E-state index contributed by atoms with van der Waals surface area (Å²) in [5, 5.41) is 20.1. The highest BCUT2D eigenvalue weighted by molar-refractivity contribution is 5.92. The monoisotopic (exact) mass is 356 g/mol. The zero-order valence-corrected chi connectivity index (χ0v) is 16.5. The summed E-state index contributed by atoms with van der Waals surface area (Å²) in [6.07, 6.45) is 5.85. The van der Waals surface area contributed by atoms with Crippen molar-refractivity contribution in [1.82, 2.24) is 0 Å². The van der Waals surface area contributed by atoms with Crippen molar-refractivity contribution in [3.05, 3.63) is 12.2 Å². The van der Waals surface area contributed by atoms with Gasteiger partial charge in [0.15, 0.2) is 5.79 Å². The lowest BCUT2D eigenvalue weighted by molar-refractivity contribution is -0.204. The molecule has 25 heavy (non-hydrogen) atoms. The van der Waals surface area contributed by atoms with Crippen molar-refractivity contribution in [2.75, 3.05) is 7.11 Å². The summed E-state index contributed by atoms with van der Waals surface area (Å²) in [4.78, 5) is 24.3. The number of hydrogen-bond donors (Lipinski definition) is 2. The average molecular weight is 357 g/mol. The number of ether oxygens (including phenoxy) is 1. The summed E-state index contributed by atoms with van der Waals surface area (Å²) in [6.45, 7) is 7.70. The largest absolute Gasteiger partial charge is 0.392 e. The van der Waals surface area contributed by atoms with E-state index in [4.69, 9.17) is 4.74 Å². The molecule has 1 fully saturated rings. The van der Waals surface area contributed by atoms with Crippen LogP contribution in [0.2, 0.25) is 0 Å². The van der Waals surface area contributed by atoms with Gasteiger partial charge in [-0.15, -0.1) is 0 Å². The Morgan fingerprint density at radius 1 is 1.44 bits per heavy atom. The van der Waals surface area contributed by atoms with Crippen molar-refractivity contribution >= 4 is 11.6 Å². The lowest BCUT2D eigenvalue weighted by atomic mass is 9.92. The summed E-state index contributed by atoms with van der Waals surface area (Å²) >= 11 is 0. The third-order valence-corrected chi connectivity index (χ3v) is 4.77. The van der Waals surface area contributed by atoms with E-state index in [0.29, 0.717) is 12.8 Å². The minimum atomic E-state index is -1.40. The van der Waals surface area contributed by atoms with E-state index in [2.05, 4.69) is 0 Å². The van der Waals surface area contributed by atoms with Crippen LogP contribution in [0, 0.1) is 11.8 Å². The topological polar surface area (TPSA) is 83.8 Å². The van der Waals surface area contributed by atoms with Crippen LogP contribution in [0.3, 0.4) is 0 Å². The van der Waals surface area contributed by atoms with E-state index in [-0.39, 0.29) is 42.7 Å². The first-order valence-electron chi connectivity index (χ1n) is 9.47. The number of ketones is 2. The Hall–Kier alpha value is -1.04. The van der Waals surface area contributed by atoms with Crippen LogP contribution in [0.4, 0.5) is 0 Å². The maximum absolute atomic E-state index is 12.3. The summed E-state index contributed by atoms with van der Waals surface area (Å²) < 4.78 is 4.98. The Balaban J connectivity index is 0.00000277. The molecule has 5 heteroatoms. The molecule has 1 saturated carbocycles. The molecule has 1 aliphatic carbocycles. The zero-order valence-electron chi connectivity index (χ0n) is 16.5. The Bertz CT molecular complexity index is 426. The molecule has 4 atom stereocenters. The Labute approximate surface area is 152 Å². The number of hydrogen-bond acceptors (Lipinski definition) is 5. The molecule has 0 aromatic rings. The molecule has 0 spiro atoms. The molecule has 2 N–H and O–H groups in total. The van der Waals surface area contributed by atoms with E-state index in [1.807, 2.05) is 32.9 Å². The summed E-state index contributed by atoms with van der Waals surface area (Å²) in [5.74, 6) is -1.66. The van der Waals surface area contributed by atoms with Crippen LogP contribution in [-0.2, 0) is 14.3 Å². The van der Waals surface area contributed by atoms with Gasteiger partial charge in [-0.25, -0.2) is 0 Å². The fourth-order valence-electron chi connectivity index (χ4n) is 3.17. The van der Waals surface area contributed by atoms with Crippen LogP contribution >= 0.6 is 0 Å². The smallest absolute Gasteiger partial charge is 0.167 e. The van der Waals surface area contributed by atoms with Gasteiger partial charge in [0.25, 0.3) is 0 Å². The molecule has 5 nitrogen and oxygen atoms in total. The summed E-state index contributed by atoms with van der Waals surface area (Å²) in [5.41, 5.74) is 0. The first kappa shape index (κ1) is 24.0. The van der Waals surface area contributed by atoms with E-state index in [1.54, 1.807) is 6.92 Å². The molecule has 0 aliphatic heterocycles. The van der Waals surface area contributed by atoms with Gasteiger partial charge < -0.3 is 14.9 Å². The van der Waals surface area contributed by atoms with Crippen molar-refractivity contribution in [2.45, 2.75) is 84.5 Å². The molecule has 1 rings (SSSR count). The minimum absolute atomic E-state index is 0.00285. The number of rotatable bonds is 10. The highest BCUT2D eigenvalue weighted by Crippen LogP contribution is 2.33. The van der Waals surface area contributed by atoms with E-state index in [0.717, 1.165) is 12.8 Å². The molecule has 0 bridgehead atoms. The van der Waals surface area contributed by atoms with E-state index in [1.165, 1.54) is 7.11 Å². The molecular weight excluding hydrogens is 320 g/mol. The van der Waals surface area contributed by atoms with Crippen LogP contribution < -0.4 is 0 Å². The standard InChI is InChI=1S/C18H30O5.C2H6/c1-4-6-7-8-13-9-14(10-16(13)20)17(21)11-15(19)12-18(22,5-2)23-3;1-2/h4,6,13-15,19,22H,5,7-12H2,1-3H3;1-2H3/b6-4-;. The number of allylic oxidation sites excluding steroid dienone is 2. The van der Waals surface area contributed by atoms with Crippen LogP contribution in [0.15, 0.2) is 12.2 Å². The third-order valence-electron chi connectivity index (χ3n) is 4.77. The van der Waals surface area contributed by atoms with Crippen molar-refractivity contribution in [1.29, 1.82) is 0 Å². The minimum Gasteiger partial charge on any atom is -0.392 e. The maximum atomic E-state index is 12.3. The van der Waals surface area contributed by atoms with Crippen molar-refractivity contribution in [3.8, 4) is 0 Å². The average Bonchev–Trinajstić information content (AvgIpc) is 2.98. The highest BCUT2D eigenvalue weighted by Gasteiger charge is 2.37. The highest BCUT2D eigenvalue weighted by atomic mass is 16.6. The third kappa shape index (κ3) is 8.25. The number of carbonyl (C=O) groups is 2. The van der Waals surface area contributed by atoms with Crippen molar-refractivity contribution in [3.63, 3.8) is 0 Å². The van der Waals surface area contributed by atoms with E-state index < -0.39 is 11.9 Å². The Morgan fingerprint density at radius 3 is 2.60 bits per heavy atom. The number of carbonyl (C=O) groups excluding carboxylic acids is 2. The quantitative estimate of drug-likeness (QED) is 0.463. The number of Topliss-reactive ketones (excluding diaryl/α,β-unsaturated/α-hetero) is 2. The van der Waals surface area contributed by atoms with Gasteiger partial charge in [0.1, 0.15) is 11.6 Å². The van der Waals surface area contributed by atoms with Gasteiger partial charge in [-0.05, 0) is 32.6 Å². The number of aliphatic hydroxyl groups is 2. The van der Waals surface area contributed by atoms with Crippen LogP contribution in [-0.4, -0.2) is 40.8 Å². The molecule has 1 aliphatic rings. The Morgan fingerprint density at radius 2 is 2.08 bits per heavy atom. The molecule has 0 aromatic carbocycles. The van der Waals surface area contributed by atoms with Gasteiger partial charge >= 0.3 is 0 Å². The summed E-state index contributed by atoms with van der Waals surface area (Å²) in [6, 6.07) is 0. The fourth-order valence-corrected chi connectivity index (χ4v) is 3.17. The van der Waals surface area contributed by atoms with E-state index >= 15 is 0 Å². The molecule has 0 saturated heterocycles. The predicted octanol–water partition coefficient (Wildman–Crippen LogP) is 3.42. The van der Waals surface area contributed by atoms with Gasteiger partial charge in [-0.2, -0.15) is 0 Å². The van der Waals surface area contributed by atoms with Gasteiger partial charge in [0, 0.05) is 38.2 Å². The first-order chi connectivity index (χ1) is 11.8. The van der Waals surface area contributed by atoms with Crippen LogP contribution in [0.1, 0.15) is 72.6 Å². The van der Waals surface area contributed by atoms with Gasteiger partial charge in [0.05, 0.1) is 6.10 Å². The van der Waals surface area contributed by atoms with Crippen LogP contribution in [0.5, 0.6) is 0 Å². The molecule has 0 aromatic heterocycles. The molecular formula is C20H36O5. The summed E-state index contributed by atoms with van der Waals surface area (Å²) in [7, 11) is 1.38. The number of aliphatic hydroxyl groups excluding tert-OH is 1. The molecule has 4 unspecified atom stereocenters. The molecule has 0 heterocycles. The lowest BCUT2D eigenvalue weighted by Gasteiger charge is -2.27. The van der Waals surface area contributed by atoms with Gasteiger partial charge in [-0.3, -0.25) is 9.59 Å². The van der Waals surface area contributed by atoms with Gasteiger partial charge in [0.2, 0.25) is 0 Å². The van der Waals surface area contributed by atoms with E-state index in [9.17, 15) is 19.8 Å². The Kier molecular flexibility index (Phi) is 11.8. The van der Waals surface area contributed by atoms with Crippen molar-refractivity contribution < 1.29 is 24.5 Å². The number of methoxy groups -OCH3 is 1. The molecule has 0 radical (unpaired) electrons. The SMILES string of the molecule is C/C=C\CCC1CC(C(=O)CC(O)CC(O)(CC)OC)CC1=O.CC. The van der Waals surface area contributed by atoms with Crippen molar-refractivity contribution in [2.24, 2.45) is 11.8 Å². The lowest BCUT2D eigenvalue weighted by Crippen LogP contribution is -2.36. The first-order valence-corrected chi connectivity index (χ1v) is 9.47. The predicted molar refractivity (Wildman–Crippen MR) is 99.1 cm³/mol. The van der Waals surface area contributed by atoms with Crippen LogP contribution in [0.25, 0.3) is 0 Å². The second-order valence-corrected chi connectivity index (χ2v) is 6.48. The zero-order chi connectivity index (χ0) is 19.5.